The first-order valence-electron chi connectivity index (χ1n) is 5.15. The van der Waals surface area contributed by atoms with Gasteiger partial charge in [-0.2, -0.15) is 0 Å². The van der Waals surface area contributed by atoms with E-state index in [9.17, 15) is 0 Å². The van der Waals surface area contributed by atoms with Crippen LogP contribution in [0, 0.1) is 6.92 Å². The van der Waals surface area contributed by atoms with Crippen LogP contribution in [0.25, 0.3) is 0 Å². The van der Waals surface area contributed by atoms with Crippen LogP contribution < -0.4 is 4.74 Å². The molecule has 1 unspecified atom stereocenters. The zero-order chi connectivity index (χ0) is 12.4. The van der Waals surface area contributed by atoms with E-state index in [0.29, 0.717) is 0 Å². The molecule has 90 valence electrons. The molecule has 1 nitrogen and oxygen atoms in total. The first kappa shape index (κ1) is 12.9. The molecule has 1 aromatic heterocycles. The van der Waals surface area contributed by atoms with Gasteiger partial charge in [0.1, 0.15) is 5.75 Å². The van der Waals surface area contributed by atoms with Crippen LogP contribution in [0.15, 0.2) is 29.6 Å². The lowest BCUT2D eigenvalue weighted by Crippen LogP contribution is -1.95. The number of benzene rings is 1. The lowest BCUT2D eigenvalue weighted by Gasteiger charge is -2.13. The summed E-state index contributed by atoms with van der Waals surface area (Å²) >= 11 is 11.5. The molecule has 0 saturated carbocycles. The fourth-order valence-electron chi connectivity index (χ4n) is 1.69. The molecule has 17 heavy (non-hydrogen) atoms. The summed E-state index contributed by atoms with van der Waals surface area (Å²) in [5, 5.41) is 2.82. The van der Waals surface area contributed by atoms with Crippen molar-refractivity contribution in [2.45, 2.75) is 11.8 Å². The summed E-state index contributed by atoms with van der Waals surface area (Å²) in [6.45, 7) is 2.08. The van der Waals surface area contributed by atoms with Gasteiger partial charge in [-0.3, -0.25) is 0 Å². The Morgan fingerprint density at radius 3 is 2.65 bits per heavy atom. The van der Waals surface area contributed by atoms with Gasteiger partial charge in [0.15, 0.2) is 0 Å². The van der Waals surface area contributed by atoms with E-state index in [1.165, 1.54) is 11.1 Å². The standard InChI is InChI=1S/C13H12BrClOS/c1-8-7-9(16-2)3-4-10(8)12(14)13-11(15)5-6-17-13/h3-7,12H,1-2H3. The first-order valence-corrected chi connectivity index (χ1v) is 7.32. The van der Waals surface area contributed by atoms with E-state index in [-0.39, 0.29) is 4.83 Å². The minimum Gasteiger partial charge on any atom is -0.497 e. The van der Waals surface area contributed by atoms with Gasteiger partial charge < -0.3 is 4.74 Å². The lowest BCUT2D eigenvalue weighted by atomic mass is 10.0. The molecule has 1 atom stereocenters. The summed E-state index contributed by atoms with van der Waals surface area (Å²) in [5.74, 6) is 0.878. The van der Waals surface area contributed by atoms with Gasteiger partial charge in [-0.25, -0.2) is 0 Å². The molecule has 2 rings (SSSR count). The normalized spacial score (nSPS) is 12.5. The summed E-state index contributed by atoms with van der Waals surface area (Å²) in [4.78, 5) is 1.28. The molecule has 0 N–H and O–H groups in total. The fraction of sp³-hybridized carbons (Fsp3) is 0.231. The highest BCUT2D eigenvalue weighted by Crippen LogP contribution is 2.40. The lowest BCUT2D eigenvalue weighted by molar-refractivity contribution is 0.414. The monoisotopic (exact) mass is 330 g/mol. The van der Waals surface area contributed by atoms with Crippen molar-refractivity contribution in [2.24, 2.45) is 0 Å². The Kier molecular flexibility index (Phi) is 4.13. The number of methoxy groups -OCH3 is 1. The van der Waals surface area contributed by atoms with Gasteiger partial charge in [-0.1, -0.05) is 33.6 Å². The molecular weight excluding hydrogens is 320 g/mol. The van der Waals surface area contributed by atoms with Crippen molar-refractivity contribution in [3.63, 3.8) is 0 Å². The van der Waals surface area contributed by atoms with E-state index < -0.39 is 0 Å². The Labute approximate surface area is 119 Å². The highest BCUT2D eigenvalue weighted by atomic mass is 79.9. The third-order valence-corrected chi connectivity index (χ3v) is 5.30. The average molecular weight is 332 g/mol. The summed E-state index contributed by atoms with van der Waals surface area (Å²) in [6.07, 6.45) is 0. The van der Waals surface area contributed by atoms with Crippen LogP contribution in [0.5, 0.6) is 5.75 Å². The molecule has 0 amide bonds. The number of thiophene rings is 1. The van der Waals surface area contributed by atoms with Gasteiger partial charge in [0.05, 0.1) is 17.0 Å². The smallest absolute Gasteiger partial charge is 0.119 e. The third kappa shape index (κ3) is 2.67. The van der Waals surface area contributed by atoms with Crippen LogP contribution in [0.1, 0.15) is 20.8 Å². The number of aryl methyl sites for hydroxylation is 1. The van der Waals surface area contributed by atoms with Crippen molar-refractivity contribution in [3.8, 4) is 5.75 Å². The number of rotatable bonds is 3. The van der Waals surface area contributed by atoms with Gasteiger partial charge in [0.2, 0.25) is 0 Å². The highest BCUT2D eigenvalue weighted by molar-refractivity contribution is 9.09. The molecule has 0 saturated heterocycles. The van der Waals surface area contributed by atoms with Crippen LogP contribution in [-0.4, -0.2) is 7.11 Å². The molecule has 0 bridgehead atoms. The summed E-state index contributed by atoms with van der Waals surface area (Å²) < 4.78 is 5.21. The van der Waals surface area contributed by atoms with Crippen molar-refractivity contribution in [3.05, 3.63) is 50.7 Å². The zero-order valence-corrected chi connectivity index (χ0v) is 12.7. The Morgan fingerprint density at radius 2 is 2.12 bits per heavy atom. The molecule has 0 aliphatic heterocycles. The molecule has 4 heteroatoms. The second-order valence-corrected chi connectivity index (χ2v) is 5.99. The quantitative estimate of drug-likeness (QED) is 0.702. The summed E-state index contributed by atoms with van der Waals surface area (Å²) in [6, 6.07) is 8.00. The maximum atomic E-state index is 6.15. The predicted molar refractivity (Wildman–Crippen MR) is 77.8 cm³/mol. The highest BCUT2D eigenvalue weighted by Gasteiger charge is 2.17. The van der Waals surface area contributed by atoms with Crippen LogP contribution in [0.3, 0.4) is 0 Å². The van der Waals surface area contributed by atoms with Crippen molar-refractivity contribution in [1.29, 1.82) is 0 Å². The molecule has 0 aliphatic carbocycles. The Hall–Kier alpha value is -0.510. The number of hydrogen-bond acceptors (Lipinski definition) is 2. The summed E-state index contributed by atoms with van der Waals surface area (Å²) in [7, 11) is 1.68. The van der Waals surface area contributed by atoms with Crippen LogP contribution in [0.4, 0.5) is 0 Å². The maximum absolute atomic E-state index is 6.15. The Morgan fingerprint density at radius 1 is 1.35 bits per heavy atom. The van der Waals surface area contributed by atoms with Gasteiger partial charge in [-0.05, 0) is 41.6 Å². The third-order valence-electron chi connectivity index (χ3n) is 2.62. The predicted octanol–water partition coefficient (Wildman–Crippen LogP) is 5.20. The first-order chi connectivity index (χ1) is 8.13. The van der Waals surface area contributed by atoms with E-state index in [2.05, 4.69) is 28.9 Å². The molecular formula is C13H12BrClOS. The van der Waals surface area contributed by atoms with Gasteiger partial charge in [-0.15, -0.1) is 11.3 Å². The number of ether oxygens (including phenoxy) is 1. The molecule has 0 aliphatic rings. The van der Waals surface area contributed by atoms with E-state index in [0.717, 1.165) is 15.6 Å². The topological polar surface area (TPSA) is 9.23 Å². The van der Waals surface area contributed by atoms with Crippen LogP contribution >= 0.6 is 38.9 Å². The van der Waals surface area contributed by atoms with Crippen molar-refractivity contribution in [2.75, 3.05) is 7.11 Å². The van der Waals surface area contributed by atoms with Gasteiger partial charge >= 0.3 is 0 Å². The molecule has 2 aromatic rings. The minimum absolute atomic E-state index is 0.140. The van der Waals surface area contributed by atoms with Crippen LogP contribution in [0.2, 0.25) is 5.02 Å². The SMILES string of the molecule is COc1ccc(C(Br)c2sccc2Cl)c(C)c1. The molecule has 1 aromatic carbocycles. The molecule has 0 fully saturated rings. The summed E-state index contributed by atoms with van der Waals surface area (Å²) in [5.41, 5.74) is 2.41. The molecule has 1 heterocycles. The fourth-order valence-corrected chi connectivity index (χ4v) is 4.06. The van der Waals surface area contributed by atoms with Crippen molar-refractivity contribution >= 4 is 38.9 Å². The van der Waals surface area contributed by atoms with E-state index in [4.69, 9.17) is 16.3 Å². The average Bonchev–Trinajstić information content (AvgIpc) is 2.74. The van der Waals surface area contributed by atoms with E-state index in [1.807, 2.05) is 23.6 Å². The van der Waals surface area contributed by atoms with Crippen molar-refractivity contribution in [1.82, 2.24) is 0 Å². The Balaban J connectivity index is 2.38. The zero-order valence-electron chi connectivity index (χ0n) is 9.54. The van der Waals surface area contributed by atoms with Gasteiger partial charge in [0.25, 0.3) is 0 Å². The second kappa shape index (κ2) is 5.42. The molecule has 0 radical (unpaired) electrons. The maximum Gasteiger partial charge on any atom is 0.119 e. The second-order valence-electron chi connectivity index (χ2n) is 3.72. The van der Waals surface area contributed by atoms with E-state index >= 15 is 0 Å². The minimum atomic E-state index is 0.140. The largest absolute Gasteiger partial charge is 0.497 e. The number of alkyl halides is 1. The van der Waals surface area contributed by atoms with Gasteiger partial charge in [0, 0.05) is 4.88 Å². The Bertz CT molecular complexity index is 524. The molecule has 0 spiro atoms. The van der Waals surface area contributed by atoms with Crippen molar-refractivity contribution < 1.29 is 4.74 Å². The van der Waals surface area contributed by atoms with E-state index in [1.54, 1.807) is 18.4 Å². The van der Waals surface area contributed by atoms with Crippen LogP contribution in [-0.2, 0) is 0 Å². The number of hydrogen-bond donors (Lipinski definition) is 0. The number of halogens is 2.